The molecule has 0 aromatic rings. The summed E-state index contributed by atoms with van der Waals surface area (Å²) in [6, 6.07) is 0. The van der Waals surface area contributed by atoms with Crippen LogP contribution in [0.15, 0.2) is 0 Å². The molecule has 3 aliphatic carbocycles. The van der Waals surface area contributed by atoms with Crippen molar-refractivity contribution in [2.75, 3.05) is 0 Å². The lowest BCUT2D eigenvalue weighted by atomic mass is 9.38. The molecule has 2 atom stereocenters. The molecule has 0 aromatic carbocycles. The topological polar surface area (TPSA) is 26.0 Å². The fourth-order valence-electron chi connectivity index (χ4n) is 4.18. The largest absolute Gasteiger partial charge is 0.325 e. The van der Waals surface area contributed by atoms with Gasteiger partial charge in [0.25, 0.3) is 0 Å². The van der Waals surface area contributed by atoms with Crippen molar-refractivity contribution in [3.05, 3.63) is 0 Å². The van der Waals surface area contributed by atoms with Gasteiger partial charge in [0.2, 0.25) is 0 Å². The van der Waals surface area contributed by atoms with Gasteiger partial charge in [0.05, 0.1) is 0 Å². The van der Waals surface area contributed by atoms with Gasteiger partial charge in [0, 0.05) is 5.54 Å². The Balaban J connectivity index is 1.82. The predicted molar refractivity (Wildman–Crippen MR) is 45.0 cm³/mol. The lowest BCUT2D eigenvalue weighted by Crippen LogP contribution is -2.73. The Morgan fingerprint density at radius 2 is 1.73 bits per heavy atom. The molecular formula is C10H17N. The van der Waals surface area contributed by atoms with Gasteiger partial charge in [0.1, 0.15) is 0 Å². The van der Waals surface area contributed by atoms with Crippen LogP contribution in [0.3, 0.4) is 0 Å². The first-order chi connectivity index (χ1) is 5.19. The minimum absolute atomic E-state index is 0.343. The van der Waals surface area contributed by atoms with Crippen molar-refractivity contribution < 1.29 is 0 Å². The molecule has 0 saturated heterocycles. The monoisotopic (exact) mass is 151 g/mol. The van der Waals surface area contributed by atoms with Crippen LogP contribution in [0, 0.1) is 23.7 Å². The highest BCUT2D eigenvalue weighted by molar-refractivity contribution is 5.18. The third-order valence-corrected chi connectivity index (χ3v) is 4.37. The van der Waals surface area contributed by atoms with Crippen molar-refractivity contribution in [2.45, 2.75) is 38.1 Å². The van der Waals surface area contributed by atoms with Crippen LogP contribution in [-0.4, -0.2) is 5.54 Å². The first-order valence-electron chi connectivity index (χ1n) is 4.98. The van der Waals surface area contributed by atoms with E-state index in [-0.39, 0.29) is 0 Å². The summed E-state index contributed by atoms with van der Waals surface area (Å²) in [6.45, 7) is 2.41. The Morgan fingerprint density at radius 1 is 1.18 bits per heavy atom. The molecule has 0 spiro atoms. The van der Waals surface area contributed by atoms with Gasteiger partial charge in [-0.3, -0.25) is 0 Å². The maximum Gasteiger partial charge on any atom is 0.0193 e. The van der Waals surface area contributed by atoms with E-state index < -0.39 is 0 Å². The van der Waals surface area contributed by atoms with Crippen LogP contribution >= 0.6 is 0 Å². The van der Waals surface area contributed by atoms with Gasteiger partial charge in [0.15, 0.2) is 0 Å². The van der Waals surface area contributed by atoms with Crippen LogP contribution in [0.5, 0.6) is 0 Å². The highest BCUT2D eigenvalue weighted by atomic mass is 14.9. The zero-order chi connectivity index (χ0) is 7.64. The van der Waals surface area contributed by atoms with E-state index in [1.807, 2.05) is 0 Å². The molecule has 3 rings (SSSR count). The fourth-order valence-corrected chi connectivity index (χ4v) is 4.18. The molecule has 1 nitrogen and oxygen atoms in total. The van der Waals surface area contributed by atoms with Crippen LogP contribution in [0.1, 0.15) is 32.6 Å². The molecule has 11 heavy (non-hydrogen) atoms. The average Bonchev–Trinajstić information content (AvgIpc) is 1.81. The van der Waals surface area contributed by atoms with E-state index in [0.717, 1.165) is 23.7 Å². The van der Waals surface area contributed by atoms with E-state index in [2.05, 4.69) is 6.92 Å². The smallest absolute Gasteiger partial charge is 0.0193 e. The standard InChI is InChI=1S/C10H17N/c1-6-2-7-4-10(11)5-8(3-6)9(7)10/h6-9H,2-5,11H2,1H3. The van der Waals surface area contributed by atoms with Gasteiger partial charge in [-0.1, -0.05) is 6.92 Å². The molecule has 2 N–H and O–H groups in total. The van der Waals surface area contributed by atoms with Crippen molar-refractivity contribution in [1.82, 2.24) is 0 Å². The lowest BCUT2D eigenvalue weighted by molar-refractivity contribution is -0.154. The number of rotatable bonds is 0. The van der Waals surface area contributed by atoms with Crippen molar-refractivity contribution in [3.8, 4) is 0 Å². The van der Waals surface area contributed by atoms with E-state index in [1.165, 1.54) is 25.7 Å². The molecule has 0 heterocycles. The molecule has 62 valence electrons. The second-order valence-electron chi connectivity index (χ2n) is 5.26. The van der Waals surface area contributed by atoms with Crippen molar-refractivity contribution >= 4 is 0 Å². The number of hydrogen-bond acceptors (Lipinski definition) is 1. The Morgan fingerprint density at radius 3 is 2.18 bits per heavy atom. The first kappa shape index (κ1) is 6.47. The molecule has 3 aliphatic rings. The average molecular weight is 151 g/mol. The van der Waals surface area contributed by atoms with Gasteiger partial charge in [-0.15, -0.1) is 0 Å². The normalized spacial score (nSPS) is 66.0. The minimum atomic E-state index is 0.343. The summed E-state index contributed by atoms with van der Waals surface area (Å²) in [5.74, 6) is 4.01. The van der Waals surface area contributed by atoms with Crippen LogP contribution in [0.4, 0.5) is 0 Å². The van der Waals surface area contributed by atoms with Crippen molar-refractivity contribution in [1.29, 1.82) is 0 Å². The first-order valence-corrected chi connectivity index (χ1v) is 4.98. The van der Waals surface area contributed by atoms with E-state index in [4.69, 9.17) is 5.73 Å². The molecule has 0 aromatic heterocycles. The molecule has 1 heteroatoms. The maximum absolute atomic E-state index is 6.19. The second-order valence-corrected chi connectivity index (χ2v) is 5.26. The minimum Gasteiger partial charge on any atom is -0.325 e. The van der Waals surface area contributed by atoms with E-state index in [1.54, 1.807) is 0 Å². The summed E-state index contributed by atoms with van der Waals surface area (Å²) in [5.41, 5.74) is 6.53. The second kappa shape index (κ2) is 1.66. The van der Waals surface area contributed by atoms with Crippen LogP contribution in [0.25, 0.3) is 0 Å². The summed E-state index contributed by atoms with van der Waals surface area (Å²) in [7, 11) is 0. The number of hydrogen-bond donors (Lipinski definition) is 1. The SMILES string of the molecule is CC1CC2CC3(N)CC(C1)C23. The lowest BCUT2D eigenvalue weighted by Gasteiger charge is -2.69. The third-order valence-electron chi connectivity index (χ3n) is 4.37. The molecule has 0 amide bonds. The Labute approximate surface area is 68.3 Å². The Kier molecular flexibility index (Phi) is 0.976. The van der Waals surface area contributed by atoms with Gasteiger partial charge in [-0.2, -0.15) is 0 Å². The van der Waals surface area contributed by atoms with Crippen LogP contribution in [0.2, 0.25) is 0 Å². The van der Waals surface area contributed by atoms with Gasteiger partial charge in [-0.25, -0.2) is 0 Å². The van der Waals surface area contributed by atoms with E-state index in [0.29, 0.717) is 5.54 Å². The summed E-state index contributed by atoms with van der Waals surface area (Å²) in [6.07, 6.45) is 5.64. The van der Waals surface area contributed by atoms with Crippen LogP contribution in [-0.2, 0) is 0 Å². The fraction of sp³-hybridized carbons (Fsp3) is 1.00. The molecule has 3 saturated carbocycles. The predicted octanol–water partition coefficient (Wildman–Crippen LogP) is 1.77. The van der Waals surface area contributed by atoms with Gasteiger partial charge in [-0.05, 0) is 49.4 Å². The number of nitrogens with two attached hydrogens (primary N) is 1. The van der Waals surface area contributed by atoms with E-state index in [9.17, 15) is 0 Å². The maximum atomic E-state index is 6.19. The molecular weight excluding hydrogens is 134 g/mol. The summed E-state index contributed by atoms with van der Waals surface area (Å²) < 4.78 is 0. The highest BCUT2D eigenvalue weighted by Crippen LogP contribution is 2.65. The molecule has 0 aliphatic heterocycles. The Hall–Kier alpha value is -0.0400. The summed E-state index contributed by atoms with van der Waals surface area (Å²) in [5, 5.41) is 0. The van der Waals surface area contributed by atoms with Crippen molar-refractivity contribution in [3.63, 3.8) is 0 Å². The summed E-state index contributed by atoms with van der Waals surface area (Å²) in [4.78, 5) is 0. The molecule has 3 fully saturated rings. The van der Waals surface area contributed by atoms with Crippen molar-refractivity contribution in [2.24, 2.45) is 29.4 Å². The van der Waals surface area contributed by atoms with Gasteiger partial charge >= 0.3 is 0 Å². The third kappa shape index (κ3) is 0.618. The van der Waals surface area contributed by atoms with E-state index >= 15 is 0 Å². The molecule has 0 radical (unpaired) electrons. The highest BCUT2D eigenvalue weighted by Gasteiger charge is 2.64. The Bertz CT molecular complexity index is 179. The quantitative estimate of drug-likeness (QED) is 0.561. The van der Waals surface area contributed by atoms with Crippen LogP contribution < -0.4 is 5.73 Å². The zero-order valence-electron chi connectivity index (χ0n) is 7.22. The molecule has 0 bridgehead atoms. The van der Waals surface area contributed by atoms with Gasteiger partial charge < -0.3 is 5.73 Å². The molecule has 2 unspecified atom stereocenters. The zero-order valence-corrected chi connectivity index (χ0v) is 7.22. The summed E-state index contributed by atoms with van der Waals surface area (Å²) >= 11 is 0.